The Hall–Kier alpha value is -3.96. The van der Waals surface area contributed by atoms with E-state index in [9.17, 15) is 9.18 Å². The van der Waals surface area contributed by atoms with Crippen LogP contribution in [0, 0.1) is 6.92 Å². The summed E-state index contributed by atoms with van der Waals surface area (Å²) in [6.07, 6.45) is 4.37. The number of amides is 1. The SMILES string of the molecule is C=CC(=O)N1CCN(c2nc(OC[C@@H]3C[C@@H](F)CN3C)nc3cc(-c4c(Cl)c(C)cc5[nH]ncc45)c4c(c23)OCCC4)CC1. The van der Waals surface area contributed by atoms with Gasteiger partial charge in [0.15, 0.2) is 0 Å². The van der Waals surface area contributed by atoms with E-state index in [1.54, 1.807) is 11.1 Å². The minimum Gasteiger partial charge on any atom is -0.492 e. The zero-order chi connectivity index (χ0) is 30.5. The predicted molar refractivity (Wildman–Crippen MR) is 169 cm³/mol. The molecule has 2 atom stereocenters. The molecule has 2 aromatic heterocycles. The molecule has 0 unspecified atom stereocenters. The van der Waals surface area contributed by atoms with Gasteiger partial charge in [0.25, 0.3) is 0 Å². The van der Waals surface area contributed by atoms with Crippen molar-refractivity contribution in [1.29, 1.82) is 0 Å². The molecule has 44 heavy (non-hydrogen) atoms. The topological polar surface area (TPSA) is 99.7 Å². The summed E-state index contributed by atoms with van der Waals surface area (Å²) in [5.41, 5.74) is 5.40. The lowest BCUT2D eigenvalue weighted by atomic mass is 9.90. The van der Waals surface area contributed by atoms with Crippen molar-refractivity contribution in [1.82, 2.24) is 30.0 Å². The van der Waals surface area contributed by atoms with Crippen LogP contribution in [-0.2, 0) is 11.2 Å². The van der Waals surface area contributed by atoms with Gasteiger partial charge < -0.3 is 19.3 Å². The first-order valence-electron chi connectivity index (χ1n) is 15.1. The molecule has 1 amide bonds. The van der Waals surface area contributed by atoms with Gasteiger partial charge in [0.05, 0.1) is 34.2 Å². The highest BCUT2D eigenvalue weighted by atomic mass is 35.5. The molecule has 0 radical (unpaired) electrons. The second-order valence-corrected chi connectivity index (χ2v) is 12.3. The van der Waals surface area contributed by atoms with Crippen LogP contribution in [0.4, 0.5) is 10.2 Å². The Morgan fingerprint density at radius 2 is 2.09 bits per heavy atom. The number of halogens is 2. The number of rotatable bonds is 6. The van der Waals surface area contributed by atoms with Crippen molar-refractivity contribution < 1.29 is 18.7 Å². The summed E-state index contributed by atoms with van der Waals surface area (Å²) in [7, 11) is 1.91. The summed E-state index contributed by atoms with van der Waals surface area (Å²) >= 11 is 7.02. The van der Waals surface area contributed by atoms with E-state index in [4.69, 9.17) is 31.0 Å². The lowest BCUT2D eigenvalue weighted by molar-refractivity contribution is -0.126. The van der Waals surface area contributed by atoms with Crippen LogP contribution in [0.1, 0.15) is 24.0 Å². The van der Waals surface area contributed by atoms with E-state index >= 15 is 0 Å². The number of hydrogen-bond donors (Lipinski definition) is 1. The van der Waals surface area contributed by atoms with Crippen molar-refractivity contribution in [2.24, 2.45) is 0 Å². The van der Waals surface area contributed by atoms with Gasteiger partial charge in [-0.15, -0.1) is 0 Å². The van der Waals surface area contributed by atoms with Gasteiger partial charge in [-0.25, -0.2) is 4.39 Å². The minimum absolute atomic E-state index is 0.0656. The summed E-state index contributed by atoms with van der Waals surface area (Å²) in [6, 6.07) is 4.22. The fraction of sp³-hybridized carbons (Fsp3) is 0.438. The number of fused-ring (bicyclic) bond motifs is 4. The van der Waals surface area contributed by atoms with Crippen LogP contribution in [0.3, 0.4) is 0 Å². The number of aromatic nitrogens is 4. The molecule has 0 saturated carbocycles. The monoisotopic (exact) mass is 619 g/mol. The van der Waals surface area contributed by atoms with Crippen LogP contribution in [0.25, 0.3) is 32.9 Å². The molecule has 2 saturated heterocycles. The van der Waals surface area contributed by atoms with Gasteiger partial charge in [-0.2, -0.15) is 15.1 Å². The predicted octanol–water partition coefficient (Wildman–Crippen LogP) is 4.72. The Balaban J connectivity index is 1.39. The second-order valence-electron chi connectivity index (χ2n) is 11.9. The number of anilines is 1. The molecule has 7 rings (SSSR count). The van der Waals surface area contributed by atoms with E-state index in [-0.39, 0.29) is 24.6 Å². The Bertz CT molecular complexity index is 1770. The molecule has 12 heteroatoms. The smallest absolute Gasteiger partial charge is 0.319 e. The standard InChI is InChI=1S/C32H35ClFN7O3/c1-4-26(42)40-7-9-41(10-8-40)31-28-25(36-32(37-31)44-17-20-13-19(34)16-39(20)3)14-22(21-6-5-11-43-30(21)28)27-23-15-35-38-24(23)12-18(2)29(27)33/h4,12,14-15,19-20H,1,5-11,13,16-17H2,2-3H3,(H,35,38)/t19-,20+/m1/s1. The van der Waals surface area contributed by atoms with Crippen LogP contribution < -0.4 is 14.4 Å². The molecule has 2 fully saturated rings. The van der Waals surface area contributed by atoms with E-state index in [1.807, 2.05) is 24.9 Å². The Morgan fingerprint density at radius 1 is 1.27 bits per heavy atom. The number of likely N-dealkylation sites (tertiary alicyclic amines) is 1. The third-order valence-electron chi connectivity index (χ3n) is 9.06. The highest BCUT2D eigenvalue weighted by molar-refractivity contribution is 6.36. The van der Waals surface area contributed by atoms with Crippen molar-refractivity contribution in [3.63, 3.8) is 0 Å². The second kappa shape index (κ2) is 11.5. The minimum atomic E-state index is -0.874. The fourth-order valence-electron chi connectivity index (χ4n) is 6.72. The van der Waals surface area contributed by atoms with E-state index in [0.717, 1.165) is 57.1 Å². The number of piperazine rings is 1. The van der Waals surface area contributed by atoms with E-state index in [1.165, 1.54) is 6.08 Å². The summed E-state index contributed by atoms with van der Waals surface area (Å²) < 4.78 is 26.7. The number of hydrogen-bond acceptors (Lipinski definition) is 8. The average molecular weight is 620 g/mol. The van der Waals surface area contributed by atoms with Crippen LogP contribution in [0.5, 0.6) is 11.8 Å². The molecular formula is C32H35ClFN7O3. The number of nitrogens with one attached hydrogen (secondary N) is 1. The molecule has 230 valence electrons. The zero-order valence-electron chi connectivity index (χ0n) is 24.9. The Morgan fingerprint density at radius 3 is 2.84 bits per heavy atom. The average Bonchev–Trinajstić information content (AvgIpc) is 3.63. The number of benzene rings is 2. The number of carbonyl (C=O) groups excluding carboxylic acids is 1. The zero-order valence-corrected chi connectivity index (χ0v) is 25.7. The molecule has 4 aromatic rings. The summed E-state index contributed by atoms with van der Waals surface area (Å²) in [4.78, 5) is 28.1. The van der Waals surface area contributed by atoms with Gasteiger partial charge in [0, 0.05) is 55.3 Å². The van der Waals surface area contributed by atoms with Crippen molar-refractivity contribution >= 4 is 45.1 Å². The molecule has 0 bridgehead atoms. The molecule has 0 spiro atoms. The molecule has 3 aliphatic rings. The number of carbonyl (C=O) groups is 1. The third-order valence-corrected chi connectivity index (χ3v) is 9.55. The molecule has 1 N–H and O–H groups in total. The first-order valence-corrected chi connectivity index (χ1v) is 15.5. The van der Waals surface area contributed by atoms with E-state index in [2.05, 4.69) is 27.7 Å². The summed E-state index contributed by atoms with van der Waals surface area (Å²) in [5, 5.41) is 9.78. The van der Waals surface area contributed by atoms with E-state index in [0.29, 0.717) is 62.1 Å². The Kier molecular flexibility index (Phi) is 7.54. The maximum atomic E-state index is 14.1. The summed E-state index contributed by atoms with van der Waals surface area (Å²) in [5.74, 6) is 1.37. The van der Waals surface area contributed by atoms with Crippen LogP contribution >= 0.6 is 11.6 Å². The highest BCUT2D eigenvalue weighted by Crippen LogP contribution is 2.47. The summed E-state index contributed by atoms with van der Waals surface area (Å²) in [6.45, 7) is 9.09. The van der Waals surface area contributed by atoms with Crippen LogP contribution in [-0.4, -0.2) is 101 Å². The van der Waals surface area contributed by atoms with Crippen molar-refractivity contribution in [3.8, 4) is 22.9 Å². The Labute approximate surface area is 259 Å². The molecule has 3 aliphatic heterocycles. The van der Waals surface area contributed by atoms with Crippen LogP contribution in [0.15, 0.2) is 31.0 Å². The first-order chi connectivity index (χ1) is 21.3. The maximum absolute atomic E-state index is 14.1. The largest absolute Gasteiger partial charge is 0.492 e. The normalized spacial score (nSPS) is 20.6. The van der Waals surface area contributed by atoms with Crippen molar-refractivity contribution in [2.45, 2.75) is 38.4 Å². The molecule has 2 aromatic carbocycles. The van der Waals surface area contributed by atoms with Gasteiger partial charge >= 0.3 is 6.01 Å². The quantitative estimate of drug-likeness (QED) is 0.310. The number of nitrogens with zero attached hydrogens (tertiary/aromatic N) is 6. The number of aryl methyl sites for hydroxylation is 1. The van der Waals surface area contributed by atoms with Crippen molar-refractivity contribution in [3.05, 3.63) is 47.1 Å². The lowest BCUT2D eigenvalue weighted by Crippen LogP contribution is -2.48. The van der Waals surface area contributed by atoms with E-state index < -0.39 is 6.17 Å². The maximum Gasteiger partial charge on any atom is 0.319 e. The van der Waals surface area contributed by atoms with Gasteiger partial charge in [-0.3, -0.25) is 14.8 Å². The van der Waals surface area contributed by atoms with Gasteiger partial charge in [0.1, 0.15) is 24.3 Å². The highest BCUT2D eigenvalue weighted by Gasteiger charge is 2.32. The van der Waals surface area contributed by atoms with Crippen LogP contribution in [0.2, 0.25) is 5.02 Å². The number of aromatic amines is 1. The number of ether oxygens (including phenoxy) is 2. The number of H-pyrrole nitrogens is 1. The lowest BCUT2D eigenvalue weighted by Gasteiger charge is -2.36. The molecular weight excluding hydrogens is 585 g/mol. The fourth-order valence-corrected chi connectivity index (χ4v) is 6.98. The molecule has 5 heterocycles. The number of likely N-dealkylation sites (N-methyl/N-ethyl adjacent to an activating group) is 1. The van der Waals surface area contributed by atoms with Crippen molar-refractivity contribution in [2.75, 3.05) is 57.9 Å². The first kappa shape index (κ1) is 28.8. The molecule has 0 aliphatic carbocycles. The molecule has 10 nitrogen and oxygen atoms in total. The van der Waals surface area contributed by atoms with Gasteiger partial charge in [-0.05, 0) is 62.6 Å². The number of alkyl halides is 1. The van der Waals surface area contributed by atoms with Gasteiger partial charge in [0.2, 0.25) is 5.91 Å². The third kappa shape index (κ3) is 5.01. The van der Waals surface area contributed by atoms with Gasteiger partial charge in [-0.1, -0.05) is 18.2 Å².